The van der Waals surface area contributed by atoms with E-state index in [0.717, 1.165) is 26.1 Å². The molecule has 0 saturated carbocycles. The molecule has 0 bridgehead atoms. The molecule has 2 aromatic rings. The zero-order valence-electron chi connectivity index (χ0n) is 20.8. The number of sulfonamides is 1. The van der Waals surface area contributed by atoms with Gasteiger partial charge in [0.05, 0.1) is 4.90 Å². The summed E-state index contributed by atoms with van der Waals surface area (Å²) in [6.07, 6.45) is 0.908. The normalized spacial score (nSPS) is 20.3. The van der Waals surface area contributed by atoms with E-state index in [1.165, 1.54) is 27.2 Å². The van der Waals surface area contributed by atoms with Crippen LogP contribution >= 0.6 is 11.6 Å². The van der Waals surface area contributed by atoms with Crippen molar-refractivity contribution in [3.63, 3.8) is 0 Å². The van der Waals surface area contributed by atoms with Gasteiger partial charge in [0.25, 0.3) is 0 Å². The van der Waals surface area contributed by atoms with Crippen molar-refractivity contribution in [2.45, 2.75) is 38.1 Å². The van der Waals surface area contributed by atoms with Crippen molar-refractivity contribution < 1.29 is 13.2 Å². The van der Waals surface area contributed by atoms with Gasteiger partial charge >= 0.3 is 0 Å². The van der Waals surface area contributed by atoms with Crippen molar-refractivity contribution in [1.29, 1.82) is 0 Å². The SMILES string of the molecule is CCCN1CCN(S(=O)(=O)c2cccc(Cl)c2)CC1C(=O)N1CCN(c2cc(C)ccc2C)CC1. The van der Waals surface area contributed by atoms with Crippen LogP contribution in [0.3, 0.4) is 0 Å². The summed E-state index contributed by atoms with van der Waals surface area (Å²) in [5.74, 6) is 0.0186. The first-order valence-electron chi connectivity index (χ1n) is 12.3. The number of hydrogen-bond acceptors (Lipinski definition) is 5. The van der Waals surface area contributed by atoms with Gasteiger partial charge in [-0.3, -0.25) is 9.69 Å². The van der Waals surface area contributed by atoms with Crippen LogP contribution in [0.15, 0.2) is 47.4 Å². The predicted molar refractivity (Wildman–Crippen MR) is 141 cm³/mol. The van der Waals surface area contributed by atoms with Crippen LogP contribution in [-0.2, 0) is 14.8 Å². The average molecular weight is 519 g/mol. The third-order valence-corrected chi connectivity index (χ3v) is 9.08. The highest BCUT2D eigenvalue weighted by Crippen LogP contribution is 2.26. The monoisotopic (exact) mass is 518 g/mol. The zero-order chi connectivity index (χ0) is 25.2. The second kappa shape index (κ2) is 10.9. The Morgan fingerprint density at radius 2 is 1.74 bits per heavy atom. The Hall–Kier alpha value is -2.13. The maximum Gasteiger partial charge on any atom is 0.243 e. The summed E-state index contributed by atoms with van der Waals surface area (Å²) in [6.45, 7) is 10.9. The number of nitrogens with zero attached hydrogens (tertiary/aromatic N) is 4. The maximum atomic E-state index is 13.7. The number of hydrogen-bond donors (Lipinski definition) is 0. The Bertz CT molecular complexity index is 1160. The van der Waals surface area contributed by atoms with E-state index in [0.29, 0.717) is 31.2 Å². The number of aryl methyl sites for hydroxylation is 2. The van der Waals surface area contributed by atoms with Crippen LogP contribution in [0.2, 0.25) is 5.02 Å². The lowest BCUT2D eigenvalue weighted by atomic mass is 10.1. The van der Waals surface area contributed by atoms with Crippen LogP contribution in [-0.4, -0.2) is 86.8 Å². The van der Waals surface area contributed by atoms with Crippen molar-refractivity contribution in [3.8, 4) is 0 Å². The number of rotatable bonds is 6. The first-order valence-corrected chi connectivity index (χ1v) is 14.1. The molecule has 0 aliphatic carbocycles. The summed E-state index contributed by atoms with van der Waals surface area (Å²) in [5.41, 5.74) is 3.68. The Labute approximate surface area is 214 Å². The summed E-state index contributed by atoms with van der Waals surface area (Å²) >= 11 is 6.05. The number of carbonyl (C=O) groups excluding carboxylic acids is 1. The van der Waals surface area contributed by atoms with Crippen molar-refractivity contribution in [1.82, 2.24) is 14.1 Å². The third kappa shape index (κ3) is 5.66. The minimum absolute atomic E-state index is 0.0186. The molecule has 1 amide bonds. The van der Waals surface area contributed by atoms with Gasteiger partial charge in [0.2, 0.25) is 15.9 Å². The number of benzene rings is 2. The van der Waals surface area contributed by atoms with E-state index in [-0.39, 0.29) is 17.3 Å². The minimum Gasteiger partial charge on any atom is -0.368 e. The van der Waals surface area contributed by atoms with Crippen molar-refractivity contribution in [2.75, 3.05) is 57.3 Å². The molecule has 9 heteroatoms. The lowest BCUT2D eigenvalue weighted by Gasteiger charge is -2.44. The van der Waals surface area contributed by atoms with Crippen LogP contribution in [0.4, 0.5) is 5.69 Å². The third-order valence-electron chi connectivity index (χ3n) is 6.98. The van der Waals surface area contributed by atoms with Crippen LogP contribution in [0.25, 0.3) is 0 Å². The number of amides is 1. The highest BCUT2D eigenvalue weighted by molar-refractivity contribution is 7.89. The quantitative estimate of drug-likeness (QED) is 0.586. The predicted octanol–water partition coefficient (Wildman–Crippen LogP) is 3.39. The van der Waals surface area contributed by atoms with E-state index in [1.807, 2.05) is 4.90 Å². The van der Waals surface area contributed by atoms with E-state index in [1.54, 1.807) is 18.2 Å². The average Bonchev–Trinajstić information content (AvgIpc) is 2.85. The topological polar surface area (TPSA) is 64.2 Å². The Morgan fingerprint density at radius 3 is 2.43 bits per heavy atom. The van der Waals surface area contributed by atoms with Crippen molar-refractivity contribution in [2.24, 2.45) is 0 Å². The first kappa shape index (κ1) is 25.9. The van der Waals surface area contributed by atoms with Crippen molar-refractivity contribution in [3.05, 3.63) is 58.6 Å². The summed E-state index contributed by atoms with van der Waals surface area (Å²) < 4.78 is 28.1. The fraction of sp³-hybridized carbons (Fsp3) is 0.500. The Kier molecular flexibility index (Phi) is 8.06. The molecule has 35 heavy (non-hydrogen) atoms. The van der Waals surface area contributed by atoms with Crippen molar-refractivity contribution >= 4 is 33.2 Å². The number of anilines is 1. The molecule has 190 valence electrons. The smallest absolute Gasteiger partial charge is 0.243 e. The molecule has 2 heterocycles. The minimum atomic E-state index is -3.73. The summed E-state index contributed by atoms with van der Waals surface area (Å²) in [5, 5.41) is 0.380. The molecule has 1 atom stereocenters. The molecule has 4 rings (SSSR count). The highest BCUT2D eigenvalue weighted by Gasteiger charge is 2.39. The molecule has 0 spiro atoms. The highest BCUT2D eigenvalue weighted by atomic mass is 35.5. The molecule has 2 saturated heterocycles. The first-order chi connectivity index (χ1) is 16.7. The van der Waals surface area contributed by atoms with Gasteiger partial charge < -0.3 is 9.80 Å². The number of carbonyl (C=O) groups is 1. The maximum absolute atomic E-state index is 13.7. The van der Waals surface area contributed by atoms with Gasteiger partial charge in [-0.1, -0.05) is 36.7 Å². The van der Waals surface area contributed by atoms with Crippen LogP contribution in [0.1, 0.15) is 24.5 Å². The van der Waals surface area contributed by atoms with Gasteiger partial charge in [-0.2, -0.15) is 4.31 Å². The summed E-state index contributed by atoms with van der Waals surface area (Å²) in [6, 6.07) is 12.3. The molecular formula is C26H35ClN4O3S. The van der Waals surface area contributed by atoms with Crippen LogP contribution < -0.4 is 4.90 Å². The molecule has 7 nitrogen and oxygen atoms in total. The molecule has 2 aliphatic rings. The Balaban J connectivity index is 1.48. The molecule has 2 fully saturated rings. The van der Waals surface area contributed by atoms with E-state index >= 15 is 0 Å². The van der Waals surface area contributed by atoms with E-state index in [4.69, 9.17) is 11.6 Å². The number of halogens is 1. The van der Waals surface area contributed by atoms with Gasteiger partial charge in [0.15, 0.2) is 0 Å². The van der Waals surface area contributed by atoms with Crippen LogP contribution in [0, 0.1) is 13.8 Å². The lowest BCUT2D eigenvalue weighted by Crippen LogP contribution is -2.62. The lowest BCUT2D eigenvalue weighted by molar-refractivity contribution is -0.139. The second-order valence-corrected chi connectivity index (χ2v) is 11.8. The molecule has 2 aliphatic heterocycles. The number of piperazine rings is 2. The van der Waals surface area contributed by atoms with E-state index in [9.17, 15) is 13.2 Å². The van der Waals surface area contributed by atoms with Gasteiger partial charge in [0.1, 0.15) is 6.04 Å². The molecule has 0 N–H and O–H groups in total. The largest absolute Gasteiger partial charge is 0.368 e. The van der Waals surface area contributed by atoms with Gasteiger partial charge in [0, 0.05) is 56.5 Å². The van der Waals surface area contributed by atoms with Gasteiger partial charge in [-0.05, 0) is 62.2 Å². The van der Waals surface area contributed by atoms with E-state index < -0.39 is 16.1 Å². The summed E-state index contributed by atoms with van der Waals surface area (Å²) in [4.78, 5) is 20.2. The van der Waals surface area contributed by atoms with E-state index in [2.05, 4.69) is 48.8 Å². The Morgan fingerprint density at radius 1 is 1.00 bits per heavy atom. The molecule has 0 aromatic heterocycles. The molecular weight excluding hydrogens is 484 g/mol. The standard InChI is InChI=1S/C26H35ClN4O3S/c1-4-10-28-15-16-31(35(33,34)23-7-5-6-22(27)18-23)19-25(28)26(32)30-13-11-29(12-14-30)24-17-20(2)8-9-21(24)3/h5-9,17-18,25H,4,10-16,19H2,1-3H3. The fourth-order valence-electron chi connectivity index (χ4n) is 5.02. The molecule has 2 aromatic carbocycles. The summed E-state index contributed by atoms with van der Waals surface area (Å²) in [7, 11) is -3.73. The second-order valence-electron chi connectivity index (χ2n) is 9.47. The fourth-order valence-corrected chi connectivity index (χ4v) is 6.76. The zero-order valence-corrected chi connectivity index (χ0v) is 22.4. The molecule has 1 unspecified atom stereocenters. The van der Waals surface area contributed by atoms with Crippen LogP contribution in [0.5, 0.6) is 0 Å². The van der Waals surface area contributed by atoms with Gasteiger partial charge in [-0.25, -0.2) is 8.42 Å². The van der Waals surface area contributed by atoms with Gasteiger partial charge in [-0.15, -0.1) is 0 Å². The molecule has 0 radical (unpaired) electrons.